The molecule has 0 bridgehead atoms. The third kappa shape index (κ3) is 4.24. The van der Waals surface area contributed by atoms with Gasteiger partial charge in [0.15, 0.2) is 10.9 Å². The number of para-hydroxylation sites is 4. The zero-order chi connectivity index (χ0) is 32.2. The predicted octanol–water partition coefficient (Wildman–Crippen LogP) is 9.94. The van der Waals surface area contributed by atoms with E-state index in [1.807, 2.05) is 133 Å². The molecule has 2 heterocycles. The summed E-state index contributed by atoms with van der Waals surface area (Å²) >= 11 is 0. The topological polar surface area (TPSA) is 44.0 Å². The summed E-state index contributed by atoms with van der Waals surface area (Å²) in [6, 6.07) is 56.1. The van der Waals surface area contributed by atoms with Gasteiger partial charge in [-0.05, 0) is 59.7 Å². The Bertz CT molecular complexity index is 2590. The molecular weight excluding hydrogens is 588 g/mol. The Morgan fingerprint density at radius 1 is 0.333 bits per heavy atom. The summed E-state index contributed by atoms with van der Waals surface area (Å²) in [4.78, 5) is 29.4. The van der Waals surface area contributed by atoms with E-state index < -0.39 is 0 Å². The summed E-state index contributed by atoms with van der Waals surface area (Å²) in [6.45, 7) is 0. The van der Waals surface area contributed by atoms with Crippen molar-refractivity contribution in [3.8, 4) is 33.6 Å². The quantitative estimate of drug-likeness (QED) is 0.185. The van der Waals surface area contributed by atoms with Gasteiger partial charge in [0, 0.05) is 44.0 Å². The van der Waals surface area contributed by atoms with Crippen molar-refractivity contribution in [1.82, 2.24) is 9.13 Å². The van der Waals surface area contributed by atoms with E-state index in [2.05, 4.69) is 45.5 Å². The van der Waals surface area contributed by atoms with Crippen LogP contribution in [-0.2, 0) is 0 Å². The molecule has 0 fully saturated rings. The Labute approximate surface area is 276 Å². The van der Waals surface area contributed by atoms with E-state index in [1.165, 1.54) is 0 Å². The number of aromatic nitrogens is 2. The molecule has 9 aromatic rings. The molecule has 9 rings (SSSR count). The molecule has 7 aromatic carbocycles. The molecule has 0 aliphatic carbocycles. The van der Waals surface area contributed by atoms with Crippen LogP contribution in [0.25, 0.3) is 77.2 Å². The van der Waals surface area contributed by atoms with Gasteiger partial charge in [0.25, 0.3) is 0 Å². The Balaban J connectivity index is 1.52. The van der Waals surface area contributed by atoms with E-state index in [1.54, 1.807) is 0 Å². The minimum absolute atomic E-state index is 0.0737. The molecule has 0 spiro atoms. The molecule has 48 heavy (non-hydrogen) atoms. The van der Waals surface area contributed by atoms with Crippen LogP contribution in [-0.4, -0.2) is 9.13 Å². The second-order valence-electron chi connectivity index (χ2n) is 12.0. The summed E-state index contributed by atoms with van der Waals surface area (Å²) in [6.07, 6.45) is 0. The standard InChI is InChI=1S/C44H28N2O2/c47-43-35-25-13-23-33(29-15-5-1-6-16-29)41(35)45(31-19-9-3-10-20-31)39-27-38-40(28-37(39)43)46(32-21-11-4-12-22-32)42-34(30-17-7-2-8-18-30)24-14-26-36(42)44(38)48/h1-28H. The molecule has 4 heteroatoms. The summed E-state index contributed by atoms with van der Waals surface area (Å²) in [5.74, 6) is 0. The molecule has 0 aliphatic heterocycles. The first-order valence-electron chi connectivity index (χ1n) is 16.0. The molecule has 4 nitrogen and oxygen atoms in total. The lowest BCUT2D eigenvalue weighted by molar-refractivity contribution is 1.15. The number of hydrogen-bond acceptors (Lipinski definition) is 2. The molecule has 0 saturated heterocycles. The average Bonchev–Trinajstić information content (AvgIpc) is 3.16. The maximum atomic E-state index is 14.7. The maximum absolute atomic E-state index is 14.7. The second kappa shape index (κ2) is 11.1. The highest BCUT2D eigenvalue weighted by atomic mass is 16.1. The van der Waals surface area contributed by atoms with Gasteiger partial charge >= 0.3 is 0 Å². The Kier molecular flexibility index (Phi) is 6.41. The van der Waals surface area contributed by atoms with Crippen molar-refractivity contribution >= 4 is 43.6 Å². The number of benzene rings is 7. The molecule has 2 aromatic heterocycles. The lowest BCUT2D eigenvalue weighted by atomic mass is 9.97. The fraction of sp³-hybridized carbons (Fsp3) is 0. The third-order valence-electron chi connectivity index (χ3n) is 9.29. The number of nitrogens with zero attached hydrogens (tertiary/aromatic N) is 2. The highest BCUT2D eigenvalue weighted by Gasteiger charge is 2.21. The van der Waals surface area contributed by atoms with Crippen molar-refractivity contribution in [3.05, 3.63) is 190 Å². The minimum atomic E-state index is -0.0737. The smallest absolute Gasteiger partial charge is 0.197 e. The van der Waals surface area contributed by atoms with Crippen LogP contribution < -0.4 is 10.9 Å². The van der Waals surface area contributed by atoms with Crippen molar-refractivity contribution in [2.75, 3.05) is 0 Å². The van der Waals surface area contributed by atoms with Gasteiger partial charge in [0.2, 0.25) is 0 Å². The van der Waals surface area contributed by atoms with Crippen LogP contribution in [0.2, 0.25) is 0 Å². The van der Waals surface area contributed by atoms with Gasteiger partial charge in [-0.2, -0.15) is 0 Å². The lowest BCUT2D eigenvalue weighted by Gasteiger charge is -2.21. The number of rotatable bonds is 4. The van der Waals surface area contributed by atoms with Crippen molar-refractivity contribution in [2.45, 2.75) is 0 Å². The second-order valence-corrected chi connectivity index (χ2v) is 12.0. The van der Waals surface area contributed by atoms with Crippen molar-refractivity contribution < 1.29 is 0 Å². The van der Waals surface area contributed by atoms with Gasteiger partial charge in [-0.1, -0.05) is 121 Å². The van der Waals surface area contributed by atoms with Gasteiger partial charge in [0.1, 0.15) is 0 Å². The van der Waals surface area contributed by atoms with Crippen molar-refractivity contribution in [2.24, 2.45) is 0 Å². The molecule has 0 radical (unpaired) electrons. The Morgan fingerprint density at radius 2 is 0.688 bits per heavy atom. The molecule has 226 valence electrons. The lowest BCUT2D eigenvalue weighted by Crippen LogP contribution is -2.15. The number of pyridine rings is 2. The third-order valence-corrected chi connectivity index (χ3v) is 9.29. The van der Waals surface area contributed by atoms with Crippen molar-refractivity contribution in [3.63, 3.8) is 0 Å². The largest absolute Gasteiger partial charge is 0.308 e. The summed E-state index contributed by atoms with van der Waals surface area (Å²) in [5, 5.41) is 2.33. The first-order chi connectivity index (χ1) is 23.7. The first-order valence-corrected chi connectivity index (χ1v) is 16.0. The zero-order valence-corrected chi connectivity index (χ0v) is 25.9. The van der Waals surface area contributed by atoms with Crippen LogP contribution in [0.5, 0.6) is 0 Å². The van der Waals surface area contributed by atoms with Gasteiger partial charge in [-0.25, -0.2) is 0 Å². The predicted molar refractivity (Wildman–Crippen MR) is 199 cm³/mol. The van der Waals surface area contributed by atoms with Crippen LogP contribution in [0.1, 0.15) is 0 Å². The van der Waals surface area contributed by atoms with Crippen LogP contribution >= 0.6 is 0 Å². The molecule has 0 amide bonds. The fourth-order valence-electron chi connectivity index (χ4n) is 7.17. The fourth-order valence-corrected chi connectivity index (χ4v) is 7.17. The van der Waals surface area contributed by atoms with Crippen LogP contribution in [0, 0.1) is 0 Å². The highest BCUT2D eigenvalue weighted by Crippen LogP contribution is 2.36. The highest BCUT2D eigenvalue weighted by molar-refractivity contribution is 6.09. The molecular formula is C44H28N2O2. The molecule has 0 aliphatic rings. The van der Waals surface area contributed by atoms with E-state index in [0.29, 0.717) is 32.6 Å². The number of fused-ring (bicyclic) bond motifs is 4. The van der Waals surface area contributed by atoms with Gasteiger partial charge in [-0.15, -0.1) is 0 Å². The zero-order valence-electron chi connectivity index (χ0n) is 25.9. The maximum Gasteiger partial charge on any atom is 0.197 e. The van der Waals surface area contributed by atoms with E-state index >= 15 is 0 Å². The van der Waals surface area contributed by atoms with Gasteiger partial charge in [0.05, 0.1) is 22.1 Å². The van der Waals surface area contributed by atoms with Gasteiger partial charge in [-0.3, -0.25) is 9.59 Å². The first kappa shape index (κ1) is 27.8. The minimum Gasteiger partial charge on any atom is -0.308 e. The molecule has 0 atom stereocenters. The molecule has 0 N–H and O–H groups in total. The summed E-state index contributed by atoms with van der Waals surface area (Å²) in [7, 11) is 0. The van der Waals surface area contributed by atoms with Crippen LogP contribution in [0.15, 0.2) is 179 Å². The van der Waals surface area contributed by atoms with Gasteiger partial charge < -0.3 is 9.13 Å². The van der Waals surface area contributed by atoms with Crippen LogP contribution in [0.3, 0.4) is 0 Å². The summed E-state index contributed by atoms with van der Waals surface area (Å²) in [5.41, 5.74) is 8.57. The summed E-state index contributed by atoms with van der Waals surface area (Å²) < 4.78 is 4.29. The van der Waals surface area contributed by atoms with E-state index in [-0.39, 0.29) is 10.9 Å². The van der Waals surface area contributed by atoms with E-state index in [0.717, 1.165) is 44.7 Å². The van der Waals surface area contributed by atoms with E-state index in [4.69, 9.17) is 0 Å². The SMILES string of the molecule is O=c1c2cc3c(cc2n(-c2ccccc2)c2c(-c4ccccc4)cccc12)c(=O)c1cccc(-c2ccccc2)c1n3-c1ccccc1. The monoisotopic (exact) mass is 616 g/mol. The Morgan fingerprint density at radius 3 is 1.06 bits per heavy atom. The molecule has 0 unspecified atom stereocenters. The van der Waals surface area contributed by atoms with Crippen LogP contribution in [0.4, 0.5) is 0 Å². The van der Waals surface area contributed by atoms with E-state index in [9.17, 15) is 9.59 Å². The average molecular weight is 617 g/mol. The number of hydrogen-bond donors (Lipinski definition) is 0. The molecule has 0 saturated carbocycles. The Hall–Kier alpha value is -6.52. The van der Waals surface area contributed by atoms with Crippen molar-refractivity contribution in [1.29, 1.82) is 0 Å². The normalized spacial score (nSPS) is 11.5.